The van der Waals surface area contributed by atoms with E-state index in [0.717, 1.165) is 5.56 Å². The topological polar surface area (TPSA) is 67.6 Å². The van der Waals surface area contributed by atoms with E-state index in [1.165, 1.54) is 0 Å². The lowest BCUT2D eigenvalue weighted by atomic mass is 9.73. The first-order chi connectivity index (χ1) is 17.4. The summed E-state index contributed by atoms with van der Waals surface area (Å²) in [6.07, 6.45) is 0. The van der Waals surface area contributed by atoms with E-state index in [1.54, 1.807) is 66.5 Å². The molecule has 3 aromatic carbocycles. The summed E-state index contributed by atoms with van der Waals surface area (Å²) in [5, 5.41) is 0.607. The molecule has 5 nitrogen and oxygen atoms in total. The highest BCUT2D eigenvalue weighted by Crippen LogP contribution is 2.53. The number of benzene rings is 3. The number of fused-ring (bicyclic) bond motifs is 1. The average Bonchev–Trinajstić information content (AvgIpc) is 3.56. The lowest BCUT2D eigenvalue weighted by molar-refractivity contribution is 0.0594. The maximum Gasteiger partial charge on any atom is 0.192 e. The summed E-state index contributed by atoms with van der Waals surface area (Å²) >= 11 is 6.05. The molecule has 0 unspecified atom stereocenters. The van der Waals surface area contributed by atoms with Crippen LogP contribution in [0.4, 0.5) is 0 Å². The summed E-state index contributed by atoms with van der Waals surface area (Å²) in [6.45, 7) is 0.251. The molecular weight excluding hydrogens is 474 g/mol. The van der Waals surface area contributed by atoms with Gasteiger partial charge in [0.25, 0.3) is 0 Å². The van der Waals surface area contributed by atoms with Gasteiger partial charge in [-0.1, -0.05) is 66.2 Å². The van der Waals surface area contributed by atoms with Crippen LogP contribution in [-0.2, 0) is 0 Å². The number of likely N-dealkylation sites (tertiary alicyclic amines) is 1. The number of hydrogen-bond donors (Lipinski definition) is 0. The van der Waals surface area contributed by atoms with E-state index in [0.29, 0.717) is 33.2 Å². The molecule has 6 heteroatoms. The third-order valence-electron chi connectivity index (χ3n) is 7.49. The van der Waals surface area contributed by atoms with Gasteiger partial charge in [-0.25, -0.2) is 0 Å². The molecule has 1 aliphatic heterocycles. The van der Waals surface area contributed by atoms with E-state index in [9.17, 15) is 14.4 Å². The predicted molar refractivity (Wildman–Crippen MR) is 137 cm³/mol. The number of Topliss-reactive ketones (excluding diaryl/α,β-unsaturated/α-hetero) is 3. The molecule has 1 aliphatic carbocycles. The molecule has 2 aliphatic rings. The predicted octanol–water partition coefficient (Wildman–Crippen LogP) is 5.95. The first-order valence-electron chi connectivity index (χ1n) is 11.8. The van der Waals surface area contributed by atoms with Gasteiger partial charge in [-0.2, -0.15) is 0 Å². The average molecular weight is 496 g/mol. The van der Waals surface area contributed by atoms with Crippen LogP contribution in [0.15, 0.2) is 95.4 Å². The smallest absolute Gasteiger partial charge is 0.192 e. The molecule has 1 spiro atoms. The van der Waals surface area contributed by atoms with Crippen LogP contribution in [0.1, 0.15) is 42.8 Å². The normalized spacial score (nSPS) is 20.7. The number of carbonyl (C=O) groups is 3. The van der Waals surface area contributed by atoms with Gasteiger partial charge in [0.05, 0.1) is 5.92 Å². The lowest BCUT2D eigenvalue weighted by Crippen LogP contribution is -2.54. The number of halogens is 1. The van der Waals surface area contributed by atoms with Gasteiger partial charge in [-0.05, 0) is 43.4 Å². The SMILES string of the molecule is CN1C[C@H](C(=O)c2ccccc2)[C@@H](c2ccc(-c3ccc(Cl)cc3)o2)C12C(=O)c1ccccc1C2=O. The van der Waals surface area contributed by atoms with Crippen LogP contribution in [0.5, 0.6) is 0 Å². The van der Waals surface area contributed by atoms with Crippen molar-refractivity contribution in [1.29, 1.82) is 0 Å². The van der Waals surface area contributed by atoms with E-state index in [4.69, 9.17) is 16.0 Å². The fraction of sp³-hybridized carbons (Fsp3) is 0.167. The van der Waals surface area contributed by atoms with Crippen molar-refractivity contribution in [3.05, 3.63) is 118 Å². The van der Waals surface area contributed by atoms with Gasteiger partial charge >= 0.3 is 0 Å². The van der Waals surface area contributed by atoms with Crippen LogP contribution >= 0.6 is 11.6 Å². The number of furan rings is 1. The zero-order chi connectivity index (χ0) is 25.0. The summed E-state index contributed by atoms with van der Waals surface area (Å²) in [6, 6.07) is 26.7. The van der Waals surface area contributed by atoms with Gasteiger partial charge in [-0.3, -0.25) is 19.3 Å². The van der Waals surface area contributed by atoms with Gasteiger partial charge in [-0.15, -0.1) is 0 Å². The van der Waals surface area contributed by atoms with Crippen LogP contribution in [0.3, 0.4) is 0 Å². The van der Waals surface area contributed by atoms with E-state index in [-0.39, 0.29) is 23.9 Å². The molecule has 6 rings (SSSR count). The molecule has 4 aromatic rings. The third kappa shape index (κ3) is 3.16. The Bertz CT molecular complexity index is 1470. The summed E-state index contributed by atoms with van der Waals surface area (Å²) in [5.74, 6) is -1.12. The molecule has 178 valence electrons. The Labute approximate surface area is 213 Å². The zero-order valence-electron chi connectivity index (χ0n) is 19.5. The van der Waals surface area contributed by atoms with Crippen LogP contribution < -0.4 is 0 Å². The molecule has 1 aromatic heterocycles. The monoisotopic (exact) mass is 495 g/mol. The van der Waals surface area contributed by atoms with Crippen molar-refractivity contribution in [3.63, 3.8) is 0 Å². The number of carbonyl (C=O) groups excluding carboxylic acids is 3. The summed E-state index contributed by atoms with van der Waals surface area (Å²) in [5.41, 5.74) is 0.573. The van der Waals surface area contributed by atoms with Crippen molar-refractivity contribution in [2.24, 2.45) is 5.92 Å². The summed E-state index contributed by atoms with van der Waals surface area (Å²) in [4.78, 5) is 43.6. The Hall–Kier alpha value is -3.80. The Morgan fingerprint density at radius 1 is 0.861 bits per heavy atom. The second kappa shape index (κ2) is 8.40. The van der Waals surface area contributed by atoms with E-state index < -0.39 is 17.4 Å². The van der Waals surface area contributed by atoms with Crippen molar-refractivity contribution in [1.82, 2.24) is 4.90 Å². The molecule has 0 N–H and O–H groups in total. The number of rotatable bonds is 4. The van der Waals surface area contributed by atoms with Crippen molar-refractivity contribution >= 4 is 29.0 Å². The Morgan fingerprint density at radius 2 is 1.47 bits per heavy atom. The van der Waals surface area contributed by atoms with Crippen LogP contribution in [-0.4, -0.2) is 41.4 Å². The molecular formula is C30H22ClNO4. The Balaban J connectivity index is 1.52. The molecule has 1 fully saturated rings. The van der Waals surface area contributed by atoms with E-state index in [2.05, 4.69) is 0 Å². The van der Waals surface area contributed by atoms with Gasteiger partial charge in [0.1, 0.15) is 11.5 Å². The quantitative estimate of drug-likeness (QED) is 0.258. The minimum atomic E-state index is -1.55. The minimum Gasteiger partial charge on any atom is -0.461 e. The summed E-state index contributed by atoms with van der Waals surface area (Å²) < 4.78 is 6.31. The standard InChI is InChI=1S/C30H22ClNO4/c1-32-17-23(27(33)19-7-3-2-4-8-19)26(25-16-15-24(36-25)18-11-13-20(31)14-12-18)30(32)28(34)21-9-5-6-10-22(21)29(30)35/h2-16,23,26H,17H2,1H3/t23-,26-/m0/s1. The lowest BCUT2D eigenvalue weighted by Gasteiger charge is -2.33. The Kier molecular flexibility index (Phi) is 5.29. The van der Waals surface area contributed by atoms with Gasteiger partial charge < -0.3 is 4.42 Å². The maximum absolute atomic E-state index is 14.0. The largest absolute Gasteiger partial charge is 0.461 e. The third-order valence-corrected chi connectivity index (χ3v) is 7.74. The highest BCUT2D eigenvalue weighted by atomic mass is 35.5. The first kappa shape index (κ1) is 22.7. The van der Waals surface area contributed by atoms with Crippen LogP contribution in [0, 0.1) is 5.92 Å². The number of nitrogens with zero attached hydrogens (tertiary/aromatic N) is 1. The van der Waals surface area contributed by atoms with Crippen LogP contribution in [0.2, 0.25) is 5.02 Å². The molecule has 1 saturated heterocycles. The highest BCUT2D eigenvalue weighted by molar-refractivity contribution is 6.34. The molecule has 0 saturated carbocycles. The second-order valence-electron chi connectivity index (χ2n) is 9.37. The van der Waals surface area contributed by atoms with E-state index >= 15 is 0 Å². The van der Waals surface area contributed by atoms with Crippen molar-refractivity contribution < 1.29 is 18.8 Å². The molecule has 36 heavy (non-hydrogen) atoms. The Morgan fingerprint density at radius 3 is 2.11 bits per heavy atom. The van der Waals surface area contributed by atoms with Crippen LogP contribution in [0.25, 0.3) is 11.3 Å². The maximum atomic E-state index is 14.0. The molecule has 2 heterocycles. The van der Waals surface area contributed by atoms with Gasteiger partial charge in [0, 0.05) is 39.7 Å². The van der Waals surface area contributed by atoms with Gasteiger partial charge in [0.2, 0.25) is 0 Å². The minimum absolute atomic E-state index is 0.120. The van der Waals surface area contributed by atoms with Crippen molar-refractivity contribution in [2.75, 3.05) is 13.6 Å². The zero-order valence-corrected chi connectivity index (χ0v) is 20.2. The van der Waals surface area contributed by atoms with Gasteiger partial charge in [0.15, 0.2) is 22.9 Å². The first-order valence-corrected chi connectivity index (χ1v) is 12.2. The number of likely N-dealkylation sites (N-methyl/N-ethyl adjacent to an activating group) is 1. The summed E-state index contributed by atoms with van der Waals surface area (Å²) in [7, 11) is 1.75. The number of ketones is 3. The second-order valence-corrected chi connectivity index (χ2v) is 9.81. The van der Waals surface area contributed by atoms with Crippen molar-refractivity contribution in [2.45, 2.75) is 11.5 Å². The highest BCUT2D eigenvalue weighted by Gasteiger charge is 2.68. The fourth-order valence-corrected chi connectivity index (χ4v) is 5.97. The van der Waals surface area contributed by atoms with Crippen molar-refractivity contribution in [3.8, 4) is 11.3 Å². The molecule has 0 bridgehead atoms. The molecule has 0 amide bonds. The van der Waals surface area contributed by atoms with E-state index in [1.807, 2.05) is 36.4 Å². The fourth-order valence-electron chi connectivity index (χ4n) is 5.84. The molecule has 0 radical (unpaired) electrons. The molecule has 2 atom stereocenters. The number of hydrogen-bond acceptors (Lipinski definition) is 5.